The van der Waals surface area contributed by atoms with Crippen molar-refractivity contribution in [1.82, 2.24) is 15.0 Å². The van der Waals surface area contributed by atoms with Gasteiger partial charge in [-0.3, -0.25) is 4.79 Å². The van der Waals surface area contributed by atoms with Crippen molar-refractivity contribution in [2.45, 2.75) is 24.8 Å². The van der Waals surface area contributed by atoms with Crippen LogP contribution in [0.4, 0.5) is 15.9 Å². The Morgan fingerprint density at radius 2 is 2.10 bits per heavy atom. The molecule has 6 nitrogen and oxygen atoms in total. The number of pyridine rings is 1. The number of nitrogens with one attached hydrogen (secondary N) is 1. The van der Waals surface area contributed by atoms with Crippen molar-refractivity contribution in [3.63, 3.8) is 0 Å². The highest BCUT2D eigenvalue weighted by Gasteiger charge is 2.20. The second-order valence-corrected chi connectivity index (χ2v) is 7.44. The lowest BCUT2D eigenvalue weighted by atomic mass is 10.1. The summed E-state index contributed by atoms with van der Waals surface area (Å²) in [5.41, 5.74) is 3.53. The predicted octanol–water partition coefficient (Wildman–Crippen LogP) is 3.88. The van der Waals surface area contributed by atoms with Crippen molar-refractivity contribution in [2.24, 2.45) is 0 Å². The Morgan fingerprint density at radius 1 is 1.24 bits per heavy atom. The number of benzene rings is 1. The normalized spacial score (nSPS) is 13.1. The lowest BCUT2D eigenvalue weighted by Crippen LogP contribution is -2.32. The minimum atomic E-state index is -0.573. The summed E-state index contributed by atoms with van der Waals surface area (Å²) < 4.78 is 12.8. The van der Waals surface area contributed by atoms with Gasteiger partial charge in [-0.1, -0.05) is 30.0 Å². The first-order chi connectivity index (χ1) is 14.2. The van der Waals surface area contributed by atoms with Crippen molar-refractivity contribution in [3.05, 3.63) is 71.2 Å². The molecule has 3 aromatic rings. The minimum Gasteiger partial charge on any atom is -0.352 e. The Hall–Kier alpha value is -3.00. The molecule has 148 valence electrons. The van der Waals surface area contributed by atoms with Crippen molar-refractivity contribution in [2.75, 3.05) is 23.0 Å². The van der Waals surface area contributed by atoms with Crippen LogP contribution in [-0.2, 0) is 19.6 Å². The number of rotatable bonds is 5. The van der Waals surface area contributed by atoms with Gasteiger partial charge in [0.2, 0.25) is 0 Å². The molecule has 2 aromatic heterocycles. The topological polar surface area (TPSA) is 71.0 Å². The average Bonchev–Trinajstić information content (AvgIpc) is 2.78. The summed E-state index contributed by atoms with van der Waals surface area (Å²) in [7, 11) is 0. The fourth-order valence-corrected chi connectivity index (χ4v) is 3.60. The van der Waals surface area contributed by atoms with Gasteiger partial charge in [-0.05, 0) is 36.1 Å². The van der Waals surface area contributed by atoms with Gasteiger partial charge >= 0.3 is 0 Å². The van der Waals surface area contributed by atoms with E-state index in [1.165, 1.54) is 11.8 Å². The molecule has 0 fully saturated rings. The maximum absolute atomic E-state index is 12.8. The number of alkyl halides is 1. The van der Waals surface area contributed by atoms with Crippen molar-refractivity contribution in [3.8, 4) is 0 Å². The number of carbonyl (C=O) groups is 1. The molecule has 0 saturated heterocycles. The molecule has 1 amide bonds. The standard InChI is InChI=1S/C21H20FN5OS/c1-29-21-23-12-15-13-27(9-8-17(15)26-21)19-7-3-6-18(25-19)20(28)24-16-5-2-4-14(10-16)11-22/h2-7,10,12H,8-9,11,13H2,1H3,(H,24,28). The molecule has 1 aliphatic rings. The van der Waals surface area contributed by atoms with Crippen LogP contribution in [0, 0.1) is 0 Å². The van der Waals surface area contributed by atoms with Gasteiger partial charge in [0.15, 0.2) is 5.16 Å². The molecule has 0 radical (unpaired) electrons. The van der Waals surface area contributed by atoms with Crippen LogP contribution in [0.3, 0.4) is 0 Å². The smallest absolute Gasteiger partial charge is 0.274 e. The summed E-state index contributed by atoms with van der Waals surface area (Å²) in [6.07, 6.45) is 4.64. The summed E-state index contributed by atoms with van der Waals surface area (Å²) in [5.74, 6) is 0.406. The number of hydrogen-bond acceptors (Lipinski definition) is 6. The Bertz CT molecular complexity index is 1050. The summed E-state index contributed by atoms with van der Waals surface area (Å²) >= 11 is 1.53. The molecule has 1 N–H and O–H groups in total. The average molecular weight is 409 g/mol. The first kappa shape index (κ1) is 19.3. The van der Waals surface area contributed by atoms with E-state index in [0.29, 0.717) is 23.5 Å². The fraction of sp³-hybridized carbons (Fsp3) is 0.238. The van der Waals surface area contributed by atoms with Gasteiger partial charge in [-0.15, -0.1) is 0 Å². The molecule has 0 atom stereocenters. The van der Waals surface area contributed by atoms with Gasteiger partial charge in [-0.25, -0.2) is 19.3 Å². The van der Waals surface area contributed by atoms with Crippen molar-refractivity contribution >= 4 is 29.2 Å². The quantitative estimate of drug-likeness (QED) is 0.509. The molecule has 0 aliphatic carbocycles. The molecule has 1 aromatic carbocycles. The third-order valence-electron chi connectivity index (χ3n) is 4.72. The van der Waals surface area contributed by atoms with E-state index in [9.17, 15) is 9.18 Å². The van der Waals surface area contributed by atoms with E-state index in [-0.39, 0.29) is 5.91 Å². The molecule has 0 unspecified atom stereocenters. The third-order valence-corrected chi connectivity index (χ3v) is 5.29. The number of carbonyl (C=O) groups excluding carboxylic acids is 1. The first-order valence-corrected chi connectivity index (χ1v) is 10.5. The van der Waals surface area contributed by atoms with Crippen LogP contribution in [-0.4, -0.2) is 33.7 Å². The third kappa shape index (κ3) is 4.37. The Morgan fingerprint density at radius 3 is 2.93 bits per heavy atom. The summed E-state index contributed by atoms with van der Waals surface area (Å²) in [6, 6.07) is 12.1. The van der Waals surface area contributed by atoms with E-state index in [0.717, 1.165) is 35.2 Å². The van der Waals surface area contributed by atoms with E-state index in [2.05, 4.69) is 25.2 Å². The SMILES string of the molecule is CSc1ncc2c(n1)CCN(c1cccc(C(=O)Nc3cccc(CF)c3)n1)C2. The molecular formula is C21H20FN5OS. The number of amides is 1. The monoisotopic (exact) mass is 409 g/mol. The van der Waals surface area contributed by atoms with Crippen LogP contribution < -0.4 is 10.2 Å². The molecule has 29 heavy (non-hydrogen) atoms. The zero-order valence-corrected chi connectivity index (χ0v) is 16.7. The van der Waals surface area contributed by atoms with Crippen molar-refractivity contribution < 1.29 is 9.18 Å². The largest absolute Gasteiger partial charge is 0.352 e. The number of thioether (sulfide) groups is 1. The van der Waals surface area contributed by atoms with E-state index >= 15 is 0 Å². The summed E-state index contributed by atoms with van der Waals surface area (Å²) in [4.78, 5) is 28.2. The second kappa shape index (κ2) is 8.57. The zero-order valence-electron chi connectivity index (χ0n) is 15.9. The maximum atomic E-state index is 12.8. The van der Waals surface area contributed by atoms with Gasteiger partial charge < -0.3 is 10.2 Å². The molecule has 8 heteroatoms. The number of halogens is 1. The molecule has 4 rings (SSSR count). The zero-order chi connectivity index (χ0) is 20.2. The van der Waals surface area contributed by atoms with Crippen LogP contribution >= 0.6 is 11.8 Å². The van der Waals surface area contributed by atoms with E-state index < -0.39 is 6.67 Å². The van der Waals surface area contributed by atoms with Crippen LogP contribution in [0.5, 0.6) is 0 Å². The fourth-order valence-electron chi connectivity index (χ4n) is 3.24. The summed E-state index contributed by atoms with van der Waals surface area (Å²) in [6.45, 7) is 0.852. The van der Waals surface area contributed by atoms with Crippen molar-refractivity contribution in [1.29, 1.82) is 0 Å². The molecule has 3 heterocycles. The van der Waals surface area contributed by atoms with Gasteiger partial charge in [0, 0.05) is 37.0 Å². The number of nitrogens with zero attached hydrogens (tertiary/aromatic N) is 4. The van der Waals surface area contributed by atoms with E-state index in [1.807, 2.05) is 24.6 Å². The first-order valence-electron chi connectivity index (χ1n) is 9.23. The number of hydrogen-bond donors (Lipinski definition) is 1. The maximum Gasteiger partial charge on any atom is 0.274 e. The van der Waals surface area contributed by atoms with Crippen LogP contribution in [0.15, 0.2) is 53.8 Å². The van der Waals surface area contributed by atoms with Gasteiger partial charge in [-0.2, -0.15) is 0 Å². The van der Waals surface area contributed by atoms with Gasteiger partial charge in [0.05, 0.1) is 5.69 Å². The van der Waals surface area contributed by atoms with E-state index in [4.69, 9.17) is 0 Å². The van der Waals surface area contributed by atoms with Gasteiger partial charge in [0.1, 0.15) is 18.2 Å². The molecule has 0 bridgehead atoms. The highest BCUT2D eigenvalue weighted by atomic mass is 32.2. The number of aromatic nitrogens is 3. The second-order valence-electron chi connectivity index (χ2n) is 6.67. The lowest BCUT2D eigenvalue weighted by Gasteiger charge is -2.29. The number of fused-ring (bicyclic) bond motifs is 1. The summed E-state index contributed by atoms with van der Waals surface area (Å²) in [5, 5.41) is 3.57. The molecule has 0 saturated carbocycles. The van der Waals surface area contributed by atoms with Crippen LogP contribution in [0.25, 0.3) is 0 Å². The number of anilines is 2. The van der Waals surface area contributed by atoms with Crippen LogP contribution in [0.2, 0.25) is 0 Å². The highest BCUT2D eigenvalue weighted by molar-refractivity contribution is 7.98. The predicted molar refractivity (Wildman–Crippen MR) is 112 cm³/mol. The van der Waals surface area contributed by atoms with E-state index in [1.54, 1.807) is 30.3 Å². The molecule has 0 spiro atoms. The van der Waals surface area contributed by atoms with Gasteiger partial charge in [0.25, 0.3) is 5.91 Å². The highest BCUT2D eigenvalue weighted by Crippen LogP contribution is 2.23. The van der Waals surface area contributed by atoms with Crippen LogP contribution in [0.1, 0.15) is 27.3 Å². The molecule has 1 aliphatic heterocycles. The lowest BCUT2D eigenvalue weighted by molar-refractivity contribution is 0.102. The Kier molecular flexibility index (Phi) is 5.71. The minimum absolute atomic E-state index is 0.313. The molecular weight excluding hydrogens is 389 g/mol. The Labute approximate surface area is 172 Å². The Balaban J connectivity index is 1.50.